The molecule has 0 radical (unpaired) electrons. The van der Waals surface area contributed by atoms with Crippen LogP contribution in [0.25, 0.3) is 0 Å². The molecule has 0 bridgehead atoms. The Labute approximate surface area is 352 Å². The maximum atomic E-state index is 14.0. The fraction of sp³-hybridized carbons (Fsp3) is 0.556. The number of nitrogens with two attached hydrogens (primary N) is 3. The van der Waals surface area contributed by atoms with E-state index in [1.807, 2.05) is 0 Å². The number of rotatable bonds is 28. The summed E-state index contributed by atoms with van der Waals surface area (Å²) in [4.78, 5) is 104. The van der Waals surface area contributed by atoms with E-state index in [4.69, 9.17) is 28.0 Å². The number of aliphatic carboxylic acids is 2. The van der Waals surface area contributed by atoms with Crippen molar-refractivity contribution in [3.05, 3.63) is 35.9 Å². The first kappa shape index (κ1) is 51.8. The van der Waals surface area contributed by atoms with Gasteiger partial charge in [-0.3, -0.25) is 44.4 Å². The molecule has 0 heterocycles. The van der Waals surface area contributed by atoms with Crippen molar-refractivity contribution in [1.82, 2.24) is 42.5 Å². The van der Waals surface area contributed by atoms with Crippen LogP contribution in [0.5, 0.6) is 0 Å². The fourth-order valence-corrected chi connectivity index (χ4v) is 5.80. The second kappa shape index (κ2) is 27.5. The normalized spacial score (nSPS) is 13.8. The van der Waals surface area contributed by atoms with Gasteiger partial charge in [-0.25, -0.2) is 4.79 Å². The number of thiol groups is 1. The second-order valence-corrected chi connectivity index (χ2v) is 14.4. The number of carboxylic acid groups (broad SMARTS) is 2. The second-order valence-electron chi connectivity index (χ2n) is 14.0. The number of nitrogens with one attached hydrogen (secondary N) is 10. The van der Waals surface area contributed by atoms with Gasteiger partial charge in [0.2, 0.25) is 35.4 Å². The number of hydrogen-bond acceptors (Lipinski definition) is 12. The number of carboxylic acids is 2. The number of amides is 6. The molecule has 0 saturated carbocycles. The number of benzene rings is 1. The molecule has 0 aliphatic heterocycles. The van der Waals surface area contributed by atoms with Crippen LogP contribution in [0.1, 0.15) is 57.9 Å². The first-order chi connectivity index (χ1) is 28.3. The molecule has 0 aromatic heterocycles. The largest absolute Gasteiger partial charge is 0.481 e. The van der Waals surface area contributed by atoms with Crippen molar-refractivity contribution in [2.45, 2.75) is 95.0 Å². The minimum atomic E-state index is -1.82. The SMILES string of the molecule is CC(C)C[C@H](NC(=O)[C@H](CCCNC(=N)N)NC(=O)[C@H](CC(=O)O)NC(=O)[C@H](Cc1ccccc1)NC(=O)[C@H](CCCNC(=N)N)NC(=O)[C@H](CS)NC(=O)CN)C(=O)O. The van der Waals surface area contributed by atoms with Crippen molar-refractivity contribution in [3.63, 3.8) is 0 Å². The maximum absolute atomic E-state index is 14.0. The molecule has 0 aliphatic rings. The molecule has 1 aromatic carbocycles. The minimum absolute atomic E-state index is 0.0559. The highest BCUT2D eigenvalue weighted by molar-refractivity contribution is 7.80. The van der Waals surface area contributed by atoms with Crippen LogP contribution in [0.3, 0.4) is 0 Å². The predicted molar refractivity (Wildman–Crippen MR) is 222 cm³/mol. The highest BCUT2D eigenvalue weighted by Crippen LogP contribution is 2.10. The summed E-state index contributed by atoms with van der Waals surface area (Å²) in [5.74, 6) is -9.23. The van der Waals surface area contributed by atoms with Gasteiger partial charge in [-0.05, 0) is 43.6 Å². The van der Waals surface area contributed by atoms with Crippen LogP contribution < -0.4 is 59.7 Å². The molecule has 0 saturated heterocycles. The van der Waals surface area contributed by atoms with Crippen molar-refractivity contribution >= 4 is 71.9 Å². The van der Waals surface area contributed by atoms with Gasteiger partial charge in [-0.15, -0.1) is 0 Å². The molecular formula is C36H59N13O10S. The quantitative estimate of drug-likeness (QED) is 0.0166. The van der Waals surface area contributed by atoms with E-state index in [1.165, 1.54) is 0 Å². The van der Waals surface area contributed by atoms with Gasteiger partial charge < -0.3 is 69.9 Å². The van der Waals surface area contributed by atoms with Crippen LogP contribution in [-0.2, 0) is 44.8 Å². The van der Waals surface area contributed by atoms with Crippen molar-refractivity contribution in [1.29, 1.82) is 10.8 Å². The smallest absolute Gasteiger partial charge is 0.326 e. The summed E-state index contributed by atoms with van der Waals surface area (Å²) in [7, 11) is 0. The third kappa shape index (κ3) is 21.0. The fourth-order valence-electron chi connectivity index (χ4n) is 5.54. The average molecular weight is 866 g/mol. The van der Waals surface area contributed by atoms with Gasteiger partial charge >= 0.3 is 11.9 Å². The van der Waals surface area contributed by atoms with Crippen LogP contribution in [0.2, 0.25) is 0 Å². The Hall–Kier alpha value is -6.17. The van der Waals surface area contributed by atoms with E-state index in [1.54, 1.807) is 44.2 Å². The predicted octanol–water partition coefficient (Wildman–Crippen LogP) is -3.84. The van der Waals surface area contributed by atoms with Gasteiger partial charge in [-0.2, -0.15) is 12.6 Å². The first-order valence-corrected chi connectivity index (χ1v) is 19.7. The van der Waals surface area contributed by atoms with E-state index in [-0.39, 0.29) is 75.2 Å². The van der Waals surface area contributed by atoms with Crippen LogP contribution in [-0.4, -0.2) is 131 Å². The average Bonchev–Trinajstić information content (AvgIpc) is 3.17. The lowest BCUT2D eigenvalue weighted by Gasteiger charge is -2.27. The standard InChI is InChI=1S/C36H59N13O10S/c1-19(2)14-25(34(58)59)49-30(54)22(11-7-13-43-36(40)41)45-32(56)24(16-28(51)52)48-31(55)23(15-20-8-4-3-5-9-20)47-29(53)21(10-6-12-42-35(38)39)46-33(57)26(18-60)44-27(50)17-37/h3-5,8-9,19,21-26,60H,6-7,10-18,37H2,1-2H3,(H,44,50)(H,45,56)(H,46,57)(H,47,53)(H,48,55)(H,49,54)(H,51,52)(H,58,59)(H4,38,39,42)(H4,40,41,43)/t21-,22-,23-,24-,25-,26-/m0/s1. The summed E-state index contributed by atoms with van der Waals surface area (Å²) in [6.45, 7) is 3.28. The summed E-state index contributed by atoms with van der Waals surface area (Å²) < 4.78 is 0. The third-order valence-corrected chi connectivity index (χ3v) is 8.87. The Bertz CT molecular complexity index is 1650. The molecule has 6 amide bonds. The summed E-state index contributed by atoms with van der Waals surface area (Å²) in [5, 5.41) is 53.9. The van der Waals surface area contributed by atoms with Crippen molar-refractivity contribution in [2.24, 2.45) is 23.1 Å². The van der Waals surface area contributed by atoms with Crippen molar-refractivity contribution in [2.75, 3.05) is 25.4 Å². The van der Waals surface area contributed by atoms with E-state index < -0.39 is 96.6 Å². The van der Waals surface area contributed by atoms with E-state index in [2.05, 4.69) is 55.2 Å². The molecule has 60 heavy (non-hydrogen) atoms. The van der Waals surface area contributed by atoms with Crippen molar-refractivity contribution in [3.8, 4) is 0 Å². The summed E-state index contributed by atoms with van der Waals surface area (Å²) in [6.07, 6.45) is -0.964. The molecule has 0 spiro atoms. The molecule has 23 nitrogen and oxygen atoms in total. The molecule has 24 heteroatoms. The van der Waals surface area contributed by atoms with Gasteiger partial charge in [0.25, 0.3) is 0 Å². The van der Waals surface area contributed by atoms with Gasteiger partial charge in [0, 0.05) is 25.3 Å². The van der Waals surface area contributed by atoms with Gasteiger partial charge in [-0.1, -0.05) is 44.2 Å². The van der Waals surface area contributed by atoms with Gasteiger partial charge in [0.05, 0.1) is 13.0 Å². The Kier molecular flexibility index (Phi) is 23.8. The Balaban J connectivity index is 3.48. The van der Waals surface area contributed by atoms with E-state index in [0.29, 0.717) is 5.56 Å². The molecule has 334 valence electrons. The lowest BCUT2D eigenvalue weighted by Crippen LogP contribution is -2.60. The number of carbonyl (C=O) groups is 8. The Morgan fingerprint density at radius 1 is 0.650 bits per heavy atom. The number of carbonyl (C=O) groups excluding carboxylic acids is 6. The molecule has 6 atom stereocenters. The van der Waals surface area contributed by atoms with E-state index >= 15 is 0 Å². The summed E-state index contributed by atoms with van der Waals surface area (Å²) >= 11 is 4.10. The van der Waals surface area contributed by atoms with Crippen LogP contribution in [0.15, 0.2) is 30.3 Å². The molecule has 18 N–H and O–H groups in total. The maximum Gasteiger partial charge on any atom is 0.326 e. The molecule has 0 fully saturated rings. The highest BCUT2D eigenvalue weighted by atomic mass is 32.1. The highest BCUT2D eigenvalue weighted by Gasteiger charge is 2.34. The molecule has 1 rings (SSSR count). The Morgan fingerprint density at radius 3 is 1.52 bits per heavy atom. The molecule has 0 unspecified atom stereocenters. The van der Waals surface area contributed by atoms with Crippen LogP contribution in [0.4, 0.5) is 0 Å². The van der Waals surface area contributed by atoms with E-state index in [0.717, 1.165) is 0 Å². The third-order valence-electron chi connectivity index (χ3n) is 8.50. The molecule has 0 aliphatic carbocycles. The van der Waals surface area contributed by atoms with Gasteiger partial charge in [0.15, 0.2) is 11.9 Å². The van der Waals surface area contributed by atoms with E-state index in [9.17, 15) is 48.6 Å². The summed E-state index contributed by atoms with van der Waals surface area (Å²) in [5.41, 5.74) is 16.6. The molecule has 1 aromatic rings. The van der Waals surface area contributed by atoms with Crippen molar-refractivity contribution < 1.29 is 48.6 Å². The lowest BCUT2D eigenvalue weighted by molar-refractivity contribution is -0.143. The molecular weight excluding hydrogens is 807 g/mol. The monoisotopic (exact) mass is 865 g/mol. The number of hydrogen-bond donors (Lipinski definition) is 16. The van der Waals surface area contributed by atoms with Crippen LogP contribution in [0, 0.1) is 16.7 Å². The zero-order chi connectivity index (χ0) is 45.4. The Morgan fingerprint density at radius 2 is 1.08 bits per heavy atom. The minimum Gasteiger partial charge on any atom is -0.481 e. The zero-order valence-corrected chi connectivity index (χ0v) is 34.4. The lowest BCUT2D eigenvalue weighted by atomic mass is 10.0. The first-order valence-electron chi connectivity index (χ1n) is 19.0. The zero-order valence-electron chi connectivity index (χ0n) is 33.5. The van der Waals surface area contributed by atoms with Crippen LogP contribution >= 0.6 is 12.6 Å². The summed E-state index contributed by atoms with van der Waals surface area (Å²) in [6, 6.07) is -0.268. The van der Waals surface area contributed by atoms with Gasteiger partial charge in [0.1, 0.15) is 36.3 Å². The topological polar surface area (TPSA) is 399 Å². The number of guanidine groups is 2.